The van der Waals surface area contributed by atoms with Gasteiger partial charge in [0, 0.05) is 17.3 Å². The van der Waals surface area contributed by atoms with E-state index in [1.165, 1.54) is 13.0 Å². The molecule has 7 heteroatoms. The zero-order valence-corrected chi connectivity index (χ0v) is 17.8. The summed E-state index contributed by atoms with van der Waals surface area (Å²) in [6.45, 7) is 8.85. The van der Waals surface area contributed by atoms with E-state index in [4.69, 9.17) is 5.73 Å². The average molecular weight is 415 g/mol. The number of nitrogens with one attached hydrogen (secondary N) is 2. The third-order valence-corrected chi connectivity index (χ3v) is 4.60. The highest BCUT2D eigenvalue weighted by Gasteiger charge is 2.17. The average Bonchev–Trinajstić information content (AvgIpc) is 2.64. The number of hydrogen-bond donors (Lipinski definition) is 3. The first-order valence-corrected chi connectivity index (χ1v) is 9.64. The lowest BCUT2D eigenvalue weighted by Gasteiger charge is -2.14. The molecule has 2 aromatic carbocycles. The smallest absolute Gasteiger partial charge is 0.280 e. The summed E-state index contributed by atoms with van der Waals surface area (Å²) < 4.78 is 29.0. The Morgan fingerprint density at radius 1 is 1.03 bits per heavy atom. The maximum absolute atomic E-state index is 14.7. The Morgan fingerprint density at radius 2 is 1.70 bits per heavy atom. The second kappa shape index (κ2) is 9.52. The van der Waals surface area contributed by atoms with Crippen LogP contribution >= 0.6 is 0 Å². The highest BCUT2D eigenvalue weighted by atomic mass is 19.1. The molecule has 0 fully saturated rings. The van der Waals surface area contributed by atoms with Gasteiger partial charge in [0.25, 0.3) is 5.91 Å². The molecule has 0 heterocycles. The molecule has 5 nitrogen and oxygen atoms in total. The van der Waals surface area contributed by atoms with Gasteiger partial charge in [-0.3, -0.25) is 9.59 Å². The highest BCUT2D eigenvalue weighted by Crippen LogP contribution is 2.31. The predicted octanol–water partition coefficient (Wildman–Crippen LogP) is 4.23. The Hall–Kier alpha value is -3.22. The summed E-state index contributed by atoms with van der Waals surface area (Å²) >= 11 is 0. The number of amides is 2. The molecule has 0 aliphatic carbocycles. The van der Waals surface area contributed by atoms with Crippen molar-refractivity contribution >= 4 is 23.6 Å². The minimum atomic E-state index is -1.05. The zero-order chi connectivity index (χ0) is 22.6. The van der Waals surface area contributed by atoms with Gasteiger partial charge in [-0.1, -0.05) is 12.1 Å². The Labute approximate surface area is 175 Å². The molecule has 0 unspecified atom stereocenters. The van der Waals surface area contributed by atoms with Crippen molar-refractivity contribution in [3.63, 3.8) is 0 Å². The summed E-state index contributed by atoms with van der Waals surface area (Å²) in [6, 6.07) is 7.60. The van der Waals surface area contributed by atoms with Crippen molar-refractivity contribution < 1.29 is 18.4 Å². The van der Waals surface area contributed by atoms with E-state index in [-0.39, 0.29) is 11.9 Å². The second-order valence-electron chi connectivity index (χ2n) is 7.61. The van der Waals surface area contributed by atoms with Crippen molar-refractivity contribution in [3.8, 4) is 11.1 Å². The molecule has 2 rings (SSSR count). The lowest BCUT2D eigenvalue weighted by atomic mass is 9.94. The minimum Gasteiger partial charge on any atom is -0.383 e. The van der Waals surface area contributed by atoms with E-state index in [1.54, 1.807) is 32.0 Å². The van der Waals surface area contributed by atoms with E-state index < -0.39 is 23.7 Å². The maximum Gasteiger partial charge on any atom is 0.280 e. The third kappa shape index (κ3) is 5.65. The third-order valence-electron chi connectivity index (χ3n) is 4.60. The molecule has 160 valence electrons. The number of anilines is 1. The fourth-order valence-corrected chi connectivity index (χ4v) is 2.98. The summed E-state index contributed by atoms with van der Waals surface area (Å²) in [6.07, 6.45) is 1.08. The molecule has 4 N–H and O–H groups in total. The molecule has 2 aromatic rings. The van der Waals surface area contributed by atoms with E-state index >= 15 is 0 Å². The number of carbonyl (C=O) groups is 2. The summed E-state index contributed by atoms with van der Waals surface area (Å²) in [5.41, 5.74) is 8.77. The van der Waals surface area contributed by atoms with Crippen molar-refractivity contribution in [2.45, 2.75) is 46.7 Å². The normalized spacial score (nSPS) is 12.6. The van der Waals surface area contributed by atoms with Crippen molar-refractivity contribution in [1.29, 1.82) is 0 Å². The second-order valence-corrected chi connectivity index (χ2v) is 7.61. The molecular weight excluding hydrogens is 388 g/mol. The molecule has 0 saturated heterocycles. The Kier molecular flexibility index (Phi) is 7.32. The molecule has 0 bridgehead atoms. The molecule has 0 spiro atoms. The van der Waals surface area contributed by atoms with Gasteiger partial charge in [0.1, 0.15) is 11.9 Å². The number of nitrogens with two attached hydrogens (primary N) is 1. The van der Waals surface area contributed by atoms with Gasteiger partial charge >= 0.3 is 0 Å². The molecule has 0 saturated carbocycles. The fraction of sp³-hybridized carbons (Fsp3) is 0.304. The van der Waals surface area contributed by atoms with Crippen molar-refractivity contribution in [2.75, 3.05) is 5.32 Å². The first kappa shape index (κ1) is 23.1. The van der Waals surface area contributed by atoms with Crippen molar-refractivity contribution in [1.82, 2.24) is 5.32 Å². The van der Waals surface area contributed by atoms with Crippen LogP contribution < -0.4 is 16.4 Å². The Morgan fingerprint density at radius 3 is 2.27 bits per heavy atom. The van der Waals surface area contributed by atoms with Crippen LogP contribution in [0.25, 0.3) is 17.2 Å². The Balaban J connectivity index is 2.34. The fourth-order valence-electron chi connectivity index (χ4n) is 2.98. The van der Waals surface area contributed by atoms with Crippen LogP contribution in [0.1, 0.15) is 37.5 Å². The van der Waals surface area contributed by atoms with Gasteiger partial charge in [0.2, 0.25) is 5.91 Å². The van der Waals surface area contributed by atoms with Gasteiger partial charge in [-0.2, -0.15) is 0 Å². The van der Waals surface area contributed by atoms with E-state index in [0.717, 1.165) is 11.6 Å². The standard InChI is InChI=1S/C23H27F2N3O2/c1-12(2)27-17-6-7-18(20(24)11-17)19-9-13(3)16(8-14(19)4)10-21(25)23(30)28-15(5)22(26)29/h6-12,15,27H,1-5H3,(H2,26,29)(H,28,30)/t15-/m1/s1. The molecule has 1 atom stereocenters. The summed E-state index contributed by atoms with van der Waals surface area (Å²) in [5.74, 6) is -3.20. The van der Waals surface area contributed by atoms with Crippen LogP contribution in [0.2, 0.25) is 0 Å². The number of benzene rings is 2. The minimum absolute atomic E-state index is 0.184. The number of aryl methyl sites for hydroxylation is 2. The molecule has 0 aromatic heterocycles. The van der Waals surface area contributed by atoms with Gasteiger partial charge in [-0.15, -0.1) is 0 Å². The van der Waals surface area contributed by atoms with Crippen LogP contribution in [0, 0.1) is 19.7 Å². The van der Waals surface area contributed by atoms with Gasteiger partial charge in [-0.05, 0) is 81.1 Å². The molecule has 2 amide bonds. The maximum atomic E-state index is 14.7. The van der Waals surface area contributed by atoms with Crippen molar-refractivity contribution in [2.24, 2.45) is 5.73 Å². The largest absolute Gasteiger partial charge is 0.383 e. The summed E-state index contributed by atoms with van der Waals surface area (Å²) in [7, 11) is 0. The van der Waals surface area contributed by atoms with Crippen LogP contribution in [0.5, 0.6) is 0 Å². The number of halogens is 2. The zero-order valence-electron chi connectivity index (χ0n) is 17.8. The first-order valence-electron chi connectivity index (χ1n) is 9.64. The van der Waals surface area contributed by atoms with E-state index in [1.807, 2.05) is 19.9 Å². The summed E-state index contributed by atoms with van der Waals surface area (Å²) in [4.78, 5) is 22.9. The van der Waals surface area contributed by atoms with Gasteiger partial charge in [0.05, 0.1) is 0 Å². The van der Waals surface area contributed by atoms with Gasteiger partial charge in [0.15, 0.2) is 5.83 Å². The number of carbonyl (C=O) groups excluding carboxylic acids is 2. The van der Waals surface area contributed by atoms with Gasteiger partial charge < -0.3 is 16.4 Å². The van der Waals surface area contributed by atoms with E-state index in [9.17, 15) is 18.4 Å². The van der Waals surface area contributed by atoms with Gasteiger partial charge in [-0.25, -0.2) is 8.78 Å². The topological polar surface area (TPSA) is 84.2 Å². The predicted molar refractivity (Wildman–Crippen MR) is 116 cm³/mol. The van der Waals surface area contributed by atoms with Crippen LogP contribution in [0.4, 0.5) is 14.5 Å². The lowest BCUT2D eigenvalue weighted by Crippen LogP contribution is -2.42. The molecule has 30 heavy (non-hydrogen) atoms. The first-order chi connectivity index (χ1) is 14.0. The highest BCUT2D eigenvalue weighted by molar-refractivity contribution is 5.98. The van der Waals surface area contributed by atoms with Crippen LogP contribution in [0.15, 0.2) is 36.2 Å². The van der Waals surface area contributed by atoms with Crippen LogP contribution in [0.3, 0.4) is 0 Å². The SMILES string of the molecule is Cc1cc(-c2ccc(NC(C)C)cc2F)c(C)cc1C=C(F)C(=O)N[C@H](C)C(N)=O. The monoisotopic (exact) mass is 415 g/mol. The molecular formula is C23H27F2N3O2. The van der Waals surface area contributed by atoms with E-state index in [2.05, 4.69) is 10.6 Å². The number of rotatable bonds is 7. The number of primary amides is 1. The molecule has 0 aliphatic rings. The molecule has 0 radical (unpaired) electrons. The van der Waals surface area contributed by atoms with Crippen molar-refractivity contribution in [3.05, 3.63) is 58.7 Å². The summed E-state index contributed by atoms with van der Waals surface area (Å²) in [5, 5.41) is 5.34. The van der Waals surface area contributed by atoms with Crippen LogP contribution in [-0.2, 0) is 9.59 Å². The van der Waals surface area contributed by atoms with Crippen LogP contribution in [-0.4, -0.2) is 23.9 Å². The number of hydrogen-bond acceptors (Lipinski definition) is 3. The Bertz CT molecular complexity index is 1000. The van der Waals surface area contributed by atoms with E-state index in [0.29, 0.717) is 27.9 Å². The quantitative estimate of drug-likeness (QED) is 0.592. The molecule has 0 aliphatic heterocycles. The lowest BCUT2D eigenvalue weighted by molar-refractivity contribution is -0.125.